The first-order chi connectivity index (χ1) is 7.16. The zero-order valence-corrected chi connectivity index (χ0v) is 9.77. The van der Waals surface area contributed by atoms with Gasteiger partial charge in [-0.3, -0.25) is 4.79 Å². The van der Waals surface area contributed by atoms with Crippen molar-refractivity contribution in [3.8, 4) is 5.88 Å². The van der Waals surface area contributed by atoms with Crippen LogP contribution in [0.5, 0.6) is 5.88 Å². The van der Waals surface area contributed by atoms with Crippen LogP contribution >= 0.6 is 34.9 Å². The van der Waals surface area contributed by atoms with Gasteiger partial charge >= 0.3 is 4.87 Å². The molecule has 2 rings (SSSR count). The van der Waals surface area contributed by atoms with Gasteiger partial charge in [-0.25, -0.2) is 3.97 Å². The molecule has 0 aliphatic carbocycles. The summed E-state index contributed by atoms with van der Waals surface area (Å²) in [5, 5.41) is 11.4. The van der Waals surface area contributed by atoms with Crippen LogP contribution in [0.25, 0.3) is 0 Å². The van der Waals surface area contributed by atoms with Crippen molar-refractivity contribution in [3.05, 3.63) is 44.3 Å². The zero-order valence-electron chi connectivity index (χ0n) is 7.38. The highest BCUT2D eigenvalue weighted by atomic mass is 35.5. The third-order valence-electron chi connectivity index (χ3n) is 1.65. The van der Waals surface area contributed by atoms with Crippen molar-refractivity contribution in [1.29, 1.82) is 0 Å². The number of hydrogen-bond acceptors (Lipinski definition) is 4. The Kier molecular flexibility index (Phi) is 3.04. The molecule has 1 heterocycles. The maximum Gasteiger partial charge on any atom is 0.320 e. The summed E-state index contributed by atoms with van der Waals surface area (Å²) in [6.45, 7) is 0. The normalized spacial score (nSPS) is 10.5. The number of aromatic nitrogens is 1. The Morgan fingerprint density at radius 3 is 2.53 bits per heavy atom. The molecule has 2 aromatic rings. The lowest BCUT2D eigenvalue weighted by Gasteiger charge is -2.01. The van der Waals surface area contributed by atoms with Gasteiger partial charge in [-0.2, -0.15) is 0 Å². The maximum atomic E-state index is 11.3. The van der Waals surface area contributed by atoms with Gasteiger partial charge < -0.3 is 5.11 Å². The van der Waals surface area contributed by atoms with Crippen LogP contribution in [0.15, 0.2) is 39.3 Å². The van der Waals surface area contributed by atoms with Crippen molar-refractivity contribution in [1.82, 2.24) is 3.97 Å². The molecule has 78 valence electrons. The van der Waals surface area contributed by atoms with Gasteiger partial charge in [0.15, 0.2) is 0 Å². The quantitative estimate of drug-likeness (QED) is 0.902. The fourth-order valence-electron chi connectivity index (χ4n) is 0.977. The molecule has 0 spiro atoms. The average molecular weight is 260 g/mol. The summed E-state index contributed by atoms with van der Waals surface area (Å²) in [6.07, 6.45) is 0. The Morgan fingerprint density at radius 2 is 2.00 bits per heavy atom. The molecule has 0 aliphatic heterocycles. The van der Waals surface area contributed by atoms with E-state index < -0.39 is 0 Å². The van der Waals surface area contributed by atoms with Crippen molar-refractivity contribution in [2.45, 2.75) is 4.90 Å². The molecule has 0 unspecified atom stereocenters. The van der Waals surface area contributed by atoms with E-state index in [1.54, 1.807) is 24.3 Å². The molecule has 0 amide bonds. The summed E-state index contributed by atoms with van der Waals surface area (Å²) in [5.41, 5.74) is 0. The van der Waals surface area contributed by atoms with E-state index in [0.717, 1.165) is 28.2 Å². The molecule has 0 aliphatic rings. The first-order valence-electron chi connectivity index (χ1n) is 4.00. The largest absolute Gasteiger partial charge is 0.493 e. The molecular weight excluding hydrogens is 254 g/mol. The topological polar surface area (TPSA) is 42.2 Å². The predicted molar refractivity (Wildman–Crippen MR) is 63.0 cm³/mol. The minimum absolute atomic E-state index is 0.0371. The lowest BCUT2D eigenvalue weighted by Crippen LogP contribution is -2.04. The molecular formula is C9H6ClNO2S2. The van der Waals surface area contributed by atoms with Gasteiger partial charge in [0.25, 0.3) is 0 Å². The van der Waals surface area contributed by atoms with Crippen LogP contribution < -0.4 is 4.87 Å². The summed E-state index contributed by atoms with van der Waals surface area (Å²) in [7, 11) is 0. The van der Waals surface area contributed by atoms with E-state index in [9.17, 15) is 9.90 Å². The van der Waals surface area contributed by atoms with Crippen LogP contribution in [0.2, 0.25) is 5.02 Å². The van der Waals surface area contributed by atoms with Crippen molar-refractivity contribution in [3.63, 3.8) is 0 Å². The average Bonchev–Trinajstić information content (AvgIpc) is 2.53. The molecule has 0 radical (unpaired) electrons. The molecule has 3 nitrogen and oxygen atoms in total. The number of rotatable bonds is 2. The zero-order chi connectivity index (χ0) is 10.8. The van der Waals surface area contributed by atoms with E-state index in [2.05, 4.69) is 0 Å². The third kappa shape index (κ3) is 2.37. The first-order valence-corrected chi connectivity index (χ1v) is 6.03. The summed E-state index contributed by atoms with van der Waals surface area (Å²) in [6, 6.07) is 7.05. The number of hydrogen-bond donors (Lipinski definition) is 1. The molecule has 0 atom stereocenters. The Balaban J connectivity index is 2.29. The van der Waals surface area contributed by atoms with Crippen LogP contribution in [-0.4, -0.2) is 9.08 Å². The molecule has 1 aromatic carbocycles. The predicted octanol–water partition coefficient (Wildman–Crippen LogP) is 2.82. The number of aromatic hydroxyl groups is 1. The summed E-state index contributed by atoms with van der Waals surface area (Å²) in [5.74, 6) is -0.0371. The minimum Gasteiger partial charge on any atom is -0.493 e. The molecule has 1 aromatic heterocycles. The molecule has 0 saturated heterocycles. The van der Waals surface area contributed by atoms with Crippen LogP contribution in [0.1, 0.15) is 0 Å². The second-order valence-electron chi connectivity index (χ2n) is 2.70. The van der Waals surface area contributed by atoms with Crippen LogP contribution in [0, 0.1) is 0 Å². The number of halogens is 1. The van der Waals surface area contributed by atoms with E-state index in [1.165, 1.54) is 9.35 Å². The molecule has 0 saturated carbocycles. The summed E-state index contributed by atoms with van der Waals surface area (Å²) < 4.78 is 1.23. The van der Waals surface area contributed by atoms with Crippen molar-refractivity contribution in [2.75, 3.05) is 0 Å². The van der Waals surface area contributed by atoms with Gasteiger partial charge in [0, 0.05) is 9.92 Å². The molecule has 0 fully saturated rings. The van der Waals surface area contributed by atoms with Gasteiger partial charge in [-0.05, 0) is 36.2 Å². The fraction of sp³-hybridized carbons (Fsp3) is 0. The van der Waals surface area contributed by atoms with E-state index >= 15 is 0 Å². The number of thiazole rings is 1. The van der Waals surface area contributed by atoms with E-state index in [4.69, 9.17) is 11.6 Å². The van der Waals surface area contributed by atoms with Crippen molar-refractivity contribution >= 4 is 34.9 Å². The van der Waals surface area contributed by atoms with Crippen molar-refractivity contribution < 1.29 is 5.11 Å². The van der Waals surface area contributed by atoms with Gasteiger partial charge in [0.05, 0.1) is 5.38 Å². The Labute approximate surface area is 99.1 Å². The standard InChI is InChI=1S/C9H6ClNO2S2/c10-6-1-3-7(4-2-6)15-11-8(12)5-14-9(11)13/h1-5,12H. The van der Waals surface area contributed by atoms with Gasteiger partial charge in [-0.1, -0.05) is 22.9 Å². The second-order valence-corrected chi connectivity index (χ2v) is 4.98. The number of benzene rings is 1. The van der Waals surface area contributed by atoms with Gasteiger partial charge in [0.2, 0.25) is 5.88 Å². The molecule has 0 bridgehead atoms. The van der Waals surface area contributed by atoms with Crippen LogP contribution in [-0.2, 0) is 0 Å². The van der Waals surface area contributed by atoms with Crippen LogP contribution in [0.3, 0.4) is 0 Å². The Morgan fingerprint density at radius 1 is 1.33 bits per heavy atom. The highest BCUT2D eigenvalue weighted by Crippen LogP contribution is 2.25. The van der Waals surface area contributed by atoms with E-state index in [0.29, 0.717) is 5.02 Å². The third-order valence-corrected chi connectivity index (χ3v) is 3.75. The molecule has 15 heavy (non-hydrogen) atoms. The Bertz CT molecular complexity index is 518. The molecule has 6 heteroatoms. The van der Waals surface area contributed by atoms with E-state index in [-0.39, 0.29) is 10.8 Å². The minimum atomic E-state index is -0.201. The molecule has 1 N–H and O–H groups in total. The monoisotopic (exact) mass is 259 g/mol. The highest BCUT2D eigenvalue weighted by Gasteiger charge is 2.06. The lowest BCUT2D eigenvalue weighted by molar-refractivity contribution is 0.450. The summed E-state index contributed by atoms with van der Waals surface area (Å²) in [4.78, 5) is 11.9. The highest BCUT2D eigenvalue weighted by molar-refractivity contribution is 7.98. The first kappa shape index (κ1) is 10.6. The smallest absolute Gasteiger partial charge is 0.320 e. The number of nitrogens with zero attached hydrogens (tertiary/aromatic N) is 1. The van der Waals surface area contributed by atoms with Gasteiger partial charge in [0.1, 0.15) is 0 Å². The van der Waals surface area contributed by atoms with Crippen LogP contribution in [0.4, 0.5) is 0 Å². The maximum absolute atomic E-state index is 11.3. The Hall–Kier alpha value is -0.910. The van der Waals surface area contributed by atoms with Crippen molar-refractivity contribution in [2.24, 2.45) is 0 Å². The van der Waals surface area contributed by atoms with Gasteiger partial charge in [-0.15, -0.1) is 0 Å². The fourth-order valence-corrected chi connectivity index (χ4v) is 2.60. The second kappa shape index (κ2) is 4.30. The lowest BCUT2D eigenvalue weighted by atomic mass is 10.4. The summed E-state index contributed by atoms with van der Waals surface area (Å²) >= 11 is 7.86. The SMILES string of the molecule is O=c1scc(O)n1Sc1ccc(Cl)cc1. The van der Waals surface area contributed by atoms with E-state index in [1.807, 2.05) is 0 Å².